The van der Waals surface area contributed by atoms with Crippen molar-refractivity contribution in [1.82, 2.24) is 9.88 Å². The quantitative estimate of drug-likeness (QED) is 0.799. The van der Waals surface area contributed by atoms with Crippen LogP contribution in [0.25, 0.3) is 10.9 Å². The van der Waals surface area contributed by atoms with Gasteiger partial charge >= 0.3 is 0 Å². The molecule has 0 unspecified atom stereocenters. The number of hydrogen-bond donors (Lipinski definition) is 1. The fourth-order valence-corrected chi connectivity index (χ4v) is 2.74. The summed E-state index contributed by atoms with van der Waals surface area (Å²) in [5.41, 5.74) is 5.68. The molecule has 0 amide bonds. The Kier molecular flexibility index (Phi) is 3.53. The molecule has 0 radical (unpaired) electrons. The normalized spacial score (nSPS) is 11.3. The minimum atomic E-state index is 1.08. The zero-order chi connectivity index (χ0) is 12.4. The summed E-state index contributed by atoms with van der Waals surface area (Å²) in [6.45, 7) is 5.52. The number of nitrogens with zero attached hydrogens (tertiary/aromatic N) is 1. The summed E-state index contributed by atoms with van der Waals surface area (Å²) in [5, 5.41) is 4.62. The van der Waals surface area contributed by atoms with Crippen LogP contribution in [-0.2, 0) is 13.5 Å². The van der Waals surface area contributed by atoms with Crippen molar-refractivity contribution in [3.8, 4) is 0 Å². The Hall–Kier alpha value is -1.28. The van der Waals surface area contributed by atoms with Gasteiger partial charge in [0.15, 0.2) is 0 Å². The summed E-state index contributed by atoms with van der Waals surface area (Å²) in [6, 6.07) is 6.58. The second kappa shape index (κ2) is 4.92. The maximum atomic E-state index is 3.21. The SMILES string of the molecule is CNCCCc1c(C)c2cccc(C)c2n1C. The standard InChI is InChI=1S/C15H22N2/c1-11-7-5-8-13-12(2)14(9-6-10-16-3)17(4)15(11)13/h5,7-8,16H,6,9-10H2,1-4H3. The molecule has 0 aliphatic heterocycles. The molecule has 0 aliphatic carbocycles. The van der Waals surface area contributed by atoms with Crippen LogP contribution in [0.4, 0.5) is 0 Å². The predicted molar refractivity (Wildman–Crippen MR) is 74.6 cm³/mol. The molecular formula is C15H22N2. The Balaban J connectivity index is 2.46. The Labute approximate surface area is 104 Å². The fraction of sp³-hybridized carbons (Fsp3) is 0.467. The van der Waals surface area contributed by atoms with E-state index in [-0.39, 0.29) is 0 Å². The van der Waals surface area contributed by atoms with Crippen molar-refractivity contribution in [2.75, 3.05) is 13.6 Å². The van der Waals surface area contributed by atoms with Gasteiger partial charge in [0.05, 0.1) is 5.52 Å². The van der Waals surface area contributed by atoms with E-state index in [1.54, 1.807) is 0 Å². The van der Waals surface area contributed by atoms with Crippen molar-refractivity contribution in [3.63, 3.8) is 0 Å². The molecule has 1 heterocycles. The summed E-state index contributed by atoms with van der Waals surface area (Å²) in [7, 11) is 4.20. The molecule has 0 saturated carbocycles. The maximum Gasteiger partial charge on any atom is 0.0512 e. The highest BCUT2D eigenvalue weighted by atomic mass is 15.0. The minimum Gasteiger partial charge on any atom is -0.347 e. The molecule has 1 aromatic carbocycles. The summed E-state index contributed by atoms with van der Waals surface area (Å²) >= 11 is 0. The molecule has 2 nitrogen and oxygen atoms in total. The first kappa shape index (κ1) is 12.2. The van der Waals surface area contributed by atoms with Gasteiger partial charge < -0.3 is 9.88 Å². The molecule has 0 bridgehead atoms. The molecule has 0 spiro atoms. The van der Waals surface area contributed by atoms with E-state index in [0.717, 1.165) is 13.0 Å². The van der Waals surface area contributed by atoms with Crippen LogP contribution in [0.5, 0.6) is 0 Å². The van der Waals surface area contributed by atoms with Crippen LogP contribution in [0.1, 0.15) is 23.2 Å². The number of hydrogen-bond acceptors (Lipinski definition) is 1. The van der Waals surface area contributed by atoms with E-state index in [2.05, 4.69) is 49.0 Å². The van der Waals surface area contributed by atoms with E-state index in [1.165, 1.54) is 34.1 Å². The number of para-hydroxylation sites is 1. The molecule has 0 fully saturated rings. The first-order chi connectivity index (χ1) is 8.16. The zero-order valence-corrected chi connectivity index (χ0v) is 11.3. The number of fused-ring (bicyclic) bond motifs is 1. The summed E-state index contributed by atoms with van der Waals surface area (Å²) in [6.07, 6.45) is 2.35. The number of aryl methyl sites for hydroxylation is 3. The second-order valence-corrected chi connectivity index (χ2v) is 4.81. The lowest BCUT2D eigenvalue weighted by molar-refractivity contribution is 0.695. The van der Waals surface area contributed by atoms with Crippen LogP contribution in [0.15, 0.2) is 18.2 Å². The van der Waals surface area contributed by atoms with Crippen molar-refractivity contribution in [1.29, 1.82) is 0 Å². The highest BCUT2D eigenvalue weighted by Gasteiger charge is 2.12. The number of aromatic nitrogens is 1. The summed E-state index contributed by atoms with van der Waals surface area (Å²) < 4.78 is 2.37. The second-order valence-electron chi connectivity index (χ2n) is 4.81. The first-order valence-electron chi connectivity index (χ1n) is 6.35. The molecule has 2 rings (SSSR count). The number of benzene rings is 1. The van der Waals surface area contributed by atoms with Crippen LogP contribution in [0.3, 0.4) is 0 Å². The van der Waals surface area contributed by atoms with Crippen molar-refractivity contribution in [3.05, 3.63) is 35.0 Å². The molecule has 0 aliphatic rings. The Morgan fingerprint density at radius 2 is 2.00 bits per heavy atom. The fourth-order valence-electron chi connectivity index (χ4n) is 2.74. The summed E-state index contributed by atoms with van der Waals surface area (Å²) in [4.78, 5) is 0. The molecule has 0 atom stereocenters. The minimum absolute atomic E-state index is 1.08. The third-order valence-corrected chi connectivity index (χ3v) is 3.66. The first-order valence-corrected chi connectivity index (χ1v) is 6.35. The van der Waals surface area contributed by atoms with E-state index < -0.39 is 0 Å². The van der Waals surface area contributed by atoms with Gasteiger partial charge in [-0.15, -0.1) is 0 Å². The zero-order valence-electron chi connectivity index (χ0n) is 11.3. The van der Waals surface area contributed by atoms with Gasteiger partial charge in [-0.3, -0.25) is 0 Å². The average Bonchev–Trinajstić information content (AvgIpc) is 2.55. The van der Waals surface area contributed by atoms with Crippen LogP contribution in [0.2, 0.25) is 0 Å². The predicted octanol–water partition coefficient (Wildman–Crippen LogP) is 2.95. The largest absolute Gasteiger partial charge is 0.347 e. The van der Waals surface area contributed by atoms with Gasteiger partial charge in [0.2, 0.25) is 0 Å². The molecule has 92 valence electrons. The number of nitrogens with one attached hydrogen (secondary N) is 1. The highest BCUT2D eigenvalue weighted by Crippen LogP contribution is 2.27. The van der Waals surface area contributed by atoms with Crippen LogP contribution in [0, 0.1) is 13.8 Å². The smallest absolute Gasteiger partial charge is 0.0512 e. The molecule has 1 aromatic heterocycles. The Morgan fingerprint density at radius 1 is 1.24 bits per heavy atom. The topological polar surface area (TPSA) is 17.0 Å². The van der Waals surface area contributed by atoms with E-state index in [0.29, 0.717) is 0 Å². The molecule has 17 heavy (non-hydrogen) atoms. The van der Waals surface area contributed by atoms with Gasteiger partial charge in [-0.1, -0.05) is 18.2 Å². The van der Waals surface area contributed by atoms with E-state index >= 15 is 0 Å². The van der Waals surface area contributed by atoms with Gasteiger partial charge in [0, 0.05) is 18.1 Å². The van der Waals surface area contributed by atoms with Crippen LogP contribution in [-0.4, -0.2) is 18.2 Å². The van der Waals surface area contributed by atoms with Crippen LogP contribution >= 0.6 is 0 Å². The lowest BCUT2D eigenvalue weighted by Crippen LogP contribution is -2.10. The molecule has 2 heteroatoms. The van der Waals surface area contributed by atoms with E-state index in [1.807, 2.05) is 7.05 Å². The van der Waals surface area contributed by atoms with Crippen molar-refractivity contribution >= 4 is 10.9 Å². The third-order valence-electron chi connectivity index (χ3n) is 3.66. The van der Waals surface area contributed by atoms with Crippen molar-refractivity contribution in [2.45, 2.75) is 26.7 Å². The van der Waals surface area contributed by atoms with Gasteiger partial charge in [-0.05, 0) is 51.4 Å². The van der Waals surface area contributed by atoms with Crippen molar-refractivity contribution in [2.24, 2.45) is 7.05 Å². The molecule has 2 aromatic rings. The van der Waals surface area contributed by atoms with E-state index in [4.69, 9.17) is 0 Å². The van der Waals surface area contributed by atoms with Gasteiger partial charge in [0.25, 0.3) is 0 Å². The Bertz CT molecular complexity index is 523. The highest BCUT2D eigenvalue weighted by molar-refractivity contribution is 5.87. The third kappa shape index (κ3) is 2.09. The lowest BCUT2D eigenvalue weighted by Gasteiger charge is -2.06. The molecule has 0 saturated heterocycles. The van der Waals surface area contributed by atoms with Crippen molar-refractivity contribution < 1.29 is 0 Å². The van der Waals surface area contributed by atoms with Gasteiger partial charge in [-0.25, -0.2) is 0 Å². The van der Waals surface area contributed by atoms with Crippen LogP contribution < -0.4 is 5.32 Å². The maximum absolute atomic E-state index is 3.21. The summed E-state index contributed by atoms with van der Waals surface area (Å²) in [5.74, 6) is 0. The number of rotatable bonds is 4. The van der Waals surface area contributed by atoms with Gasteiger partial charge in [-0.2, -0.15) is 0 Å². The lowest BCUT2D eigenvalue weighted by atomic mass is 10.1. The molecule has 1 N–H and O–H groups in total. The average molecular weight is 230 g/mol. The monoisotopic (exact) mass is 230 g/mol. The molecular weight excluding hydrogens is 208 g/mol. The van der Waals surface area contributed by atoms with Gasteiger partial charge in [0.1, 0.15) is 0 Å². The Morgan fingerprint density at radius 3 is 2.65 bits per heavy atom. The van der Waals surface area contributed by atoms with E-state index in [9.17, 15) is 0 Å².